The van der Waals surface area contributed by atoms with Gasteiger partial charge in [-0.05, 0) is 45.7 Å². The molecular formula is C16H30N2O3. The molecule has 2 unspecified atom stereocenters. The lowest BCUT2D eigenvalue weighted by atomic mass is 9.85. The minimum absolute atomic E-state index is 0.00248. The van der Waals surface area contributed by atoms with Gasteiger partial charge < -0.3 is 14.8 Å². The van der Waals surface area contributed by atoms with Crippen LogP contribution in [0.25, 0.3) is 0 Å². The SMILES string of the molecule is CCOC(=O)C1CCCC(NCCCN2CCOCC2)C1. The van der Waals surface area contributed by atoms with Crippen LogP contribution in [0.2, 0.25) is 0 Å². The molecule has 1 saturated carbocycles. The summed E-state index contributed by atoms with van der Waals surface area (Å²) in [5.74, 6) is 0.104. The molecule has 0 spiro atoms. The molecule has 0 aromatic carbocycles. The molecule has 2 fully saturated rings. The Balaban J connectivity index is 1.58. The zero-order chi connectivity index (χ0) is 14.9. The van der Waals surface area contributed by atoms with Crippen LogP contribution >= 0.6 is 0 Å². The first-order valence-corrected chi connectivity index (χ1v) is 8.49. The smallest absolute Gasteiger partial charge is 0.308 e. The Kier molecular flexibility index (Phi) is 7.47. The predicted octanol–water partition coefficient (Wildman–Crippen LogP) is 1.42. The maximum atomic E-state index is 11.8. The molecule has 5 nitrogen and oxygen atoms in total. The number of hydrogen-bond donors (Lipinski definition) is 1. The van der Waals surface area contributed by atoms with Gasteiger partial charge in [-0.25, -0.2) is 0 Å². The summed E-state index contributed by atoms with van der Waals surface area (Å²) in [5.41, 5.74) is 0. The van der Waals surface area contributed by atoms with Crippen LogP contribution in [0.1, 0.15) is 39.0 Å². The molecule has 1 heterocycles. The summed E-state index contributed by atoms with van der Waals surface area (Å²) in [6.45, 7) is 8.42. The Morgan fingerprint density at radius 1 is 1.33 bits per heavy atom. The summed E-state index contributed by atoms with van der Waals surface area (Å²) >= 11 is 0. The van der Waals surface area contributed by atoms with Crippen LogP contribution in [0.4, 0.5) is 0 Å². The lowest BCUT2D eigenvalue weighted by Gasteiger charge is -2.29. The number of nitrogens with zero attached hydrogens (tertiary/aromatic N) is 1. The second-order valence-corrected chi connectivity index (χ2v) is 6.07. The van der Waals surface area contributed by atoms with Crippen molar-refractivity contribution in [3.63, 3.8) is 0 Å². The van der Waals surface area contributed by atoms with Crippen LogP contribution in [0, 0.1) is 5.92 Å². The van der Waals surface area contributed by atoms with Crippen molar-refractivity contribution < 1.29 is 14.3 Å². The highest BCUT2D eigenvalue weighted by Gasteiger charge is 2.27. The lowest BCUT2D eigenvalue weighted by Crippen LogP contribution is -2.40. The zero-order valence-electron chi connectivity index (χ0n) is 13.3. The molecule has 2 aliphatic rings. The monoisotopic (exact) mass is 298 g/mol. The fraction of sp³-hybridized carbons (Fsp3) is 0.938. The molecule has 0 bridgehead atoms. The summed E-state index contributed by atoms with van der Waals surface area (Å²) in [6, 6.07) is 0.484. The Morgan fingerprint density at radius 3 is 2.90 bits per heavy atom. The van der Waals surface area contributed by atoms with Gasteiger partial charge in [-0.2, -0.15) is 0 Å². The van der Waals surface area contributed by atoms with Crippen molar-refractivity contribution in [3.05, 3.63) is 0 Å². The predicted molar refractivity (Wildman–Crippen MR) is 82.3 cm³/mol. The van der Waals surface area contributed by atoms with Crippen LogP contribution in [0.15, 0.2) is 0 Å². The lowest BCUT2D eigenvalue weighted by molar-refractivity contribution is -0.149. The number of esters is 1. The zero-order valence-corrected chi connectivity index (χ0v) is 13.3. The van der Waals surface area contributed by atoms with Gasteiger partial charge in [-0.1, -0.05) is 6.42 Å². The Morgan fingerprint density at radius 2 is 2.14 bits per heavy atom. The van der Waals surface area contributed by atoms with Crippen molar-refractivity contribution in [3.8, 4) is 0 Å². The molecule has 2 atom stereocenters. The van der Waals surface area contributed by atoms with E-state index in [0.29, 0.717) is 12.6 Å². The highest BCUT2D eigenvalue weighted by atomic mass is 16.5. The van der Waals surface area contributed by atoms with Gasteiger partial charge in [0, 0.05) is 19.1 Å². The van der Waals surface area contributed by atoms with E-state index in [4.69, 9.17) is 9.47 Å². The van der Waals surface area contributed by atoms with Crippen LogP contribution < -0.4 is 5.32 Å². The molecule has 0 aromatic heterocycles. The van der Waals surface area contributed by atoms with E-state index in [0.717, 1.165) is 58.7 Å². The Hall–Kier alpha value is -0.650. The first-order chi connectivity index (χ1) is 10.3. The van der Waals surface area contributed by atoms with E-state index in [1.165, 1.54) is 12.8 Å². The van der Waals surface area contributed by atoms with Crippen LogP contribution in [0.5, 0.6) is 0 Å². The van der Waals surface area contributed by atoms with Gasteiger partial charge in [-0.15, -0.1) is 0 Å². The average Bonchev–Trinajstić information content (AvgIpc) is 2.53. The van der Waals surface area contributed by atoms with Crippen molar-refractivity contribution in [2.75, 3.05) is 46.0 Å². The van der Waals surface area contributed by atoms with E-state index in [1.807, 2.05) is 6.92 Å². The second-order valence-electron chi connectivity index (χ2n) is 6.07. The maximum absolute atomic E-state index is 11.8. The van der Waals surface area contributed by atoms with Crippen molar-refractivity contribution in [2.24, 2.45) is 5.92 Å². The second kappa shape index (κ2) is 9.38. The summed E-state index contributed by atoms with van der Waals surface area (Å²) < 4.78 is 10.5. The first-order valence-electron chi connectivity index (χ1n) is 8.49. The number of hydrogen-bond acceptors (Lipinski definition) is 5. The molecule has 21 heavy (non-hydrogen) atoms. The fourth-order valence-corrected chi connectivity index (χ4v) is 3.28. The molecule has 0 amide bonds. The third kappa shape index (κ3) is 5.93. The molecule has 1 saturated heterocycles. The van der Waals surface area contributed by atoms with E-state index < -0.39 is 0 Å². The highest BCUT2D eigenvalue weighted by Crippen LogP contribution is 2.25. The van der Waals surface area contributed by atoms with Crippen molar-refractivity contribution in [1.29, 1.82) is 0 Å². The highest BCUT2D eigenvalue weighted by molar-refractivity contribution is 5.72. The van der Waals surface area contributed by atoms with Gasteiger partial charge in [0.1, 0.15) is 0 Å². The van der Waals surface area contributed by atoms with Crippen LogP contribution in [-0.4, -0.2) is 62.9 Å². The quantitative estimate of drug-likeness (QED) is 0.569. The van der Waals surface area contributed by atoms with Crippen molar-refractivity contribution in [2.45, 2.75) is 45.1 Å². The average molecular weight is 298 g/mol. The summed E-state index contributed by atoms with van der Waals surface area (Å²) in [5, 5.41) is 3.62. The summed E-state index contributed by atoms with van der Waals surface area (Å²) in [4.78, 5) is 14.3. The Bertz CT molecular complexity index is 306. The minimum atomic E-state index is -0.00248. The van der Waals surface area contributed by atoms with Crippen molar-refractivity contribution in [1.82, 2.24) is 10.2 Å². The molecule has 0 aromatic rings. The van der Waals surface area contributed by atoms with Gasteiger partial charge >= 0.3 is 5.97 Å². The standard InChI is InChI=1S/C16H30N2O3/c1-2-21-16(19)14-5-3-6-15(13-14)17-7-4-8-18-9-11-20-12-10-18/h14-15,17H,2-13H2,1H3. The van der Waals surface area contributed by atoms with Crippen molar-refractivity contribution >= 4 is 5.97 Å². The van der Waals surface area contributed by atoms with Crippen LogP contribution in [0.3, 0.4) is 0 Å². The molecular weight excluding hydrogens is 268 g/mol. The van der Waals surface area contributed by atoms with Gasteiger partial charge in [0.05, 0.1) is 25.7 Å². The van der Waals surface area contributed by atoms with E-state index in [2.05, 4.69) is 10.2 Å². The van der Waals surface area contributed by atoms with E-state index in [1.54, 1.807) is 0 Å². The topological polar surface area (TPSA) is 50.8 Å². The number of carbonyl (C=O) groups is 1. The number of nitrogens with one attached hydrogen (secondary N) is 1. The molecule has 5 heteroatoms. The third-order valence-corrected chi connectivity index (χ3v) is 4.48. The van der Waals surface area contributed by atoms with E-state index in [-0.39, 0.29) is 11.9 Å². The fourth-order valence-electron chi connectivity index (χ4n) is 3.28. The van der Waals surface area contributed by atoms with Gasteiger partial charge in [0.25, 0.3) is 0 Å². The first kappa shape index (κ1) is 16.7. The Labute approximate surface area is 128 Å². The van der Waals surface area contributed by atoms with E-state index in [9.17, 15) is 4.79 Å². The number of carbonyl (C=O) groups excluding carboxylic acids is 1. The third-order valence-electron chi connectivity index (χ3n) is 4.48. The minimum Gasteiger partial charge on any atom is -0.466 e. The van der Waals surface area contributed by atoms with Gasteiger partial charge in [-0.3, -0.25) is 9.69 Å². The number of rotatable bonds is 7. The summed E-state index contributed by atoms with van der Waals surface area (Å²) in [6.07, 6.45) is 5.42. The van der Waals surface area contributed by atoms with Gasteiger partial charge in [0.15, 0.2) is 0 Å². The van der Waals surface area contributed by atoms with Crippen LogP contribution in [-0.2, 0) is 14.3 Å². The van der Waals surface area contributed by atoms with Gasteiger partial charge in [0.2, 0.25) is 0 Å². The molecule has 1 aliphatic heterocycles. The molecule has 1 N–H and O–H groups in total. The molecule has 122 valence electrons. The molecule has 0 radical (unpaired) electrons. The number of morpholine rings is 1. The normalized spacial score (nSPS) is 27.5. The summed E-state index contributed by atoms with van der Waals surface area (Å²) in [7, 11) is 0. The molecule has 2 rings (SSSR count). The number of ether oxygens (including phenoxy) is 2. The maximum Gasteiger partial charge on any atom is 0.308 e. The van der Waals surface area contributed by atoms with E-state index >= 15 is 0 Å². The largest absolute Gasteiger partial charge is 0.466 e. The molecule has 1 aliphatic carbocycles.